The first-order chi connectivity index (χ1) is 16.5. The Labute approximate surface area is 210 Å². The Balaban J connectivity index is 1.96. The van der Waals surface area contributed by atoms with E-state index < -0.39 is 0 Å². The van der Waals surface area contributed by atoms with Crippen LogP contribution in [0.4, 0.5) is 0 Å². The Morgan fingerprint density at radius 1 is 0.676 bits per heavy atom. The minimum absolute atomic E-state index is 0.0196. The summed E-state index contributed by atoms with van der Waals surface area (Å²) in [6, 6.07) is 14.9. The van der Waals surface area contributed by atoms with Gasteiger partial charge in [0, 0.05) is 0 Å². The summed E-state index contributed by atoms with van der Waals surface area (Å²) in [5, 5.41) is 5.72. The van der Waals surface area contributed by atoms with Gasteiger partial charge in [0.05, 0.1) is 0 Å². The fraction of sp³-hybridized carbons (Fsp3) is 0.333. The summed E-state index contributed by atoms with van der Waals surface area (Å²) in [5.74, 6) is -0.941. The maximum atomic E-state index is 12.7. The third-order valence-electron chi connectivity index (χ3n) is 4.63. The Morgan fingerprint density at radius 2 is 1.06 bits per heavy atom. The number of methoxy groups -OCH3 is 2. The van der Waals surface area contributed by atoms with E-state index in [4.69, 9.17) is 0 Å². The van der Waals surface area contributed by atoms with E-state index in [9.17, 15) is 19.2 Å². The molecule has 0 fully saturated rings. The van der Waals surface area contributed by atoms with E-state index in [1.54, 1.807) is 12.1 Å². The maximum absolute atomic E-state index is 12.7. The van der Waals surface area contributed by atoms with Crippen LogP contribution >= 0.6 is 0 Å². The molecule has 2 aromatic carbocycles. The fourth-order valence-electron chi connectivity index (χ4n) is 2.81. The molecule has 2 amide bonds. The van der Waals surface area contributed by atoms with Crippen molar-refractivity contribution in [3.05, 3.63) is 59.7 Å². The van der Waals surface area contributed by atoms with Gasteiger partial charge < -0.3 is 0 Å². The second-order valence-corrected chi connectivity index (χ2v) is 13.2. The molecule has 0 saturated heterocycles. The van der Waals surface area contributed by atoms with Gasteiger partial charge in [0.2, 0.25) is 0 Å². The van der Waals surface area contributed by atoms with Crippen molar-refractivity contribution in [3.63, 3.8) is 0 Å². The van der Waals surface area contributed by atoms with Gasteiger partial charge in [-0.15, -0.1) is 0 Å². The molecular weight excluding hydrogens is 570 g/mol. The molecule has 0 saturated carbocycles. The molecule has 182 valence electrons. The van der Waals surface area contributed by atoms with Crippen molar-refractivity contribution in [1.29, 1.82) is 0 Å². The number of ether oxygens (including phenoxy) is 2. The molecular formula is C24H28N2O6Se2. The molecule has 2 aromatic rings. The van der Waals surface area contributed by atoms with Crippen LogP contribution in [0.5, 0.6) is 0 Å². The van der Waals surface area contributed by atoms with Crippen LogP contribution in [0.1, 0.15) is 46.4 Å². The molecule has 2 rings (SSSR count). The van der Waals surface area contributed by atoms with Gasteiger partial charge in [-0.2, -0.15) is 0 Å². The molecule has 10 heteroatoms. The number of amides is 2. The number of esters is 2. The molecule has 0 atom stereocenters. The Morgan fingerprint density at radius 3 is 1.44 bits per heavy atom. The number of nitrogens with one attached hydrogen (secondary N) is 2. The Kier molecular flexibility index (Phi) is 12.4. The standard InChI is InChI=1S/C24H28N2O6Se2/c1-31-21(27)13-7-15-25-23(29)17-9-3-5-11-19(17)33-34-20-12-6-4-10-18(20)24(30)26-16-8-14-22(28)32-2/h3-6,9-12H,7-8,13-16H2,1-2H3,(H,25,29)(H,26,30). The van der Waals surface area contributed by atoms with Gasteiger partial charge in [0.1, 0.15) is 0 Å². The molecule has 0 aromatic heterocycles. The first kappa shape index (κ1) is 27.6. The predicted octanol–water partition coefficient (Wildman–Crippen LogP) is 0.327. The van der Waals surface area contributed by atoms with Gasteiger partial charge in [0.25, 0.3) is 0 Å². The average molecular weight is 598 g/mol. The summed E-state index contributed by atoms with van der Waals surface area (Å²) in [6.45, 7) is 0.777. The summed E-state index contributed by atoms with van der Waals surface area (Å²) in [6.07, 6.45) is 1.54. The molecule has 0 spiro atoms. The topological polar surface area (TPSA) is 111 Å². The van der Waals surface area contributed by atoms with E-state index in [2.05, 4.69) is 20.1 Å². The molecule has 0 bridgehead atoms. The van der Waals surface area contributed by atoms with Crippen LogP contribution in [0.15, 0.2) is 48.5 Å². The van der Waals surface area contributed by atoms with E-state index in [1.165, 1.54) is 14.2 Å². The van der Waals surface area contributed by atoms with Crippen molar-refractivity contribution in [3.8, 4) is 0 Å². The number of rotatable bonds is 13. The van der Waals surface area contributed by atoms with Crippen LogP contribution in [-0.2, 0) is 19.1 Å². The summed E-state index contributed by atoms with van der Waals surface area (Å²) in [5.41, 5.74) is 1.24. The van der Waals surface area contributed by atoms with Gasteiger partial charge in [-0.05, 0) is 0 Å². The van der Waals surface area contributed by atoms with Crippen LogP contribution < -0.4 is 19.6 Å². The molecule has 8 nitrogen and oxygen atoms in total. The van der Waals surface area contributed by atoms with Crippen molar-refractivity contribution in [2.75, 3.05) is 27.3 Å². The van der Waals surface area contributed by atoms with Gasteiger partial charge >= 0.3 is 211 Å². The molecule has 2 N–H and O–H groups in total. The number of hydrogen-bond acceptors (Lipinski definition) is 6. The van der Waals surface area contributed by atoms with Crippen molar-refractivity contribution < 1.29 is 28.7 Å². The van der Waals surface area contributed by atoms with Crippen molar-refractivity contribution in [2.24, 2.45) is 0 Å². The van der Waals surface area contributed by atoms with Gasteiger partial charge in [-0.25, -0.2) is 0 Å². The quantitative estimate of drug-likeness (QED) is 0.196. The first-order valence-corrected chi connectivity index (χ1v) is 16.7. The zero-order valence-electron chi connectivity index (χ0n) is 19.1. The summed E-state index contributed by atoms with van der Waals surface area (Å²) in [7, 11) is 2.68. The van der Waals surface area contributed by atoms with Crippen LogP contribution in [0, 0.1) is 0 Å². The second kappa shape index (κ2) is 15.3. The predicted molar refractivity (Wildman–Crippen MR) is 131 cm³/mol. The molecule has 0 radical (unpaired) electrons. The monoisotopic (exact) mass is 600 g/mol. The number of benzene rings is 2. The van der Waals surface area contributed by atoms with E-state index in [0.29, 0.717) is 37.1 Å². The second-order valence-electron chi connectivity index (χ2n) is 7.03. The van der Waals surface area contributed by atoms with Gasteiger partial charge in [-0.1, -0.05) is 0 Å². The molecule has 0 unspecified atom stereocenters. The van der Waals surface area contributed by atoms with Gasteiger partial charge in [0.15, 0.2) is 0 Å². The van der Waals surface area contributed by atoms with Crippen LogP contribution in [0.3, 0.4) is 0 Å². The fourth-order valence-corrected chi connectivity index (χ4v) is 9.92. The SMILES string of the molecule is COC(=O)CCCNC(=O)c1ccccc1[Se][Se]c1ccccc1C(=O)NCCCC(=O)OC. The van der Waals surface area contributed by atoms with Gasteiger partial charge in [-0.3, -0.25) is 0 Å². The van der Waals surface area contributed by atoms with Crippen LogP contribution in [-0.4, -0.2) is 77.3 Å². The molecule has 0 aliphatic carbocycles. The number of carbonyl (C=O) groups is 4. The van der Waals surface area contributed by atoms with E-state index >= 15 is 0 Å². The van der Waals surface area contributed by atoms with Crippen molar-refractivity contribution >= 4 is 58.9 Å². The molecule has 34 heavy (non-hydrogen) atoms. The minimum atomic E-state index is -0.299. The third kappa shape index (κ3) is 9.31. The summed E-state index contributed by atoms with van der Waals surface area (Å²) < 4.78 is 11.2. The average Bonchev–Trinajstić information content (AvgIpc) is 2.87. The zero-order chi connectivity index (χ0) is 24.8. The Hall–Kier alpha value is -2.64. The number of carbonyl (C=O) groups excluding carboxylic acids is 4. The van der Waals surface area contributed by atoms with Crippen LogP contribution in [0.25, 0.3) is 0 Å². The van der Waals surface area contributed by atoms with E-state index in [-0.39, 0.29) is 62.9 Å². The van der Waals surface area contributed by atoms with Crippen molar-refractivity contribution in [2.45, 2.75) is 25.7 Å². The first-order valence-electron chi connectivity index (χ1n) is 10.7. The molecule has 0 heterocycles. The van der Waals surface area contributed by atoms with E-state index in [0.717, 1.165) is 8.92 Å². The number of hydrogen-bond donors (Lipinski definition) is 2. The van der Waals surface area contributed by atoms with E-state index in [1.807, 2.05) is 36.4 Å². The third-order valence-corrected chi connectivity index (χ3v) is 11.9. The zero-order valence-corrected chi connectivity index (χ0v) is 22.6. The molecule has 0 aliphatic rings. The van der Waals surface area contributed by atoms with Crippen molar-refractivity contribution in [1.82, 2.24) is 10.6 Å². The Bertz CT molecular complexity index is 919. The van der Waals surface area contributed by atoms with Crippen LogP contribution in [0.2, 0.25) is 0 Å². The molecule has 0 aliphatic heterocycles. The summed E-state index contributed by atoms with van der Waals surface area (Å²) in [4.78, 5) is 47.8. The summed E-state index contributed by atoms with van der Waals surface area (Å²) >= 11 is -0.0393. The normalized spacial score (nSPS) is 10.3.